The maximum absolute atomic E-state index is 11.5. The van der Waals surface area contributed by atoms with Gasteiger partial charge in [0, 0.05) is 12.1 Å². The molecule has 5 heteroatoms. The van der Waals surface area contributed by atoms with E-state index >= 15 is 0 Å². The van der Waals surface area contributed by atoms with Gasteiger partial charge in [0.05, 0.1) is 6.07 Å². The summed E-state index contributed by atoms with van der Waals surface area (Å²) in [5.41, 5.74) is 0.510. The largest absolute Gasteiger partial charge is 0.480 e. The highest BCUT2D eigenvalue weighted by Gasteiger charge is 2.16. The van der Waals surface area contributed by atoms with Crippen LogP contribution in [0.2, 0.25) is 0 Å². The summed E-state index contributed by atoms with van der Waals surface area (Å²) in [5, 5.41) is 19.7. The molecule has 2 N–H and O–H groups in total. The second kappa shape index (κ2) is 6.28. The number of carbonyl (C=O) groups is 2. The molecule has 0 heterocycles. The molecule has 17 heavy (non-hydrogen) atoms. The summed E-state index contributed by atoms with van der Waals surface area (Å²) in [6.07, 6.45) is 0.102. The first-order valence-corrected chi connectivity index (χ1v) is 5.11. The third-order valence-corrected chi connectivity index (χ3v) is 2.21. The number of nitriles is 1. The molecule has 5 nitrogen and oxygen atoms in total. The van der Waals surface area contributed by atoms with E-state index in [0.29, 0.717) is 5.56 Å². The van der Waals surface area contributed by atoms with Gasteiger partial charge in [0.2, 0.25) is 0 Å². The van der Waals surface area contributed by atoms with Gasteiger partial charge in [-0.25, -0.2) is 0 Å². The molecule has 1 aromatic carbocycles. The zero-order valence-electron chi connectivity index (χ0n) is 9.09. The topological polar surface area (TPSA) is 90.2 Å². The average molecular weight is 232 g/mol. The molecule has 0 spiro atoms. The monoisotopic (exact) mass is 232 g/mol. The van der Waals surface area contributed by atoms with Crippen LogP contribution in [0.3, 0.4) is 0 Å². The quantitative estimate of drug-likeness (QED) is 0.793. The summed E-state index contributed by atoms with van der Waals surface area (Å²) in [5.74, 6) is -2.51. The number of nitrogens with one attached hydrogen (secondary N) is 1. The molecule has 0 radical (unpaired) electrons. The van der Waals surface area contributed by atoms with Gasteiger partial charge in [-0.2, -0.15) is 5.26 Å². The van der Waals surface area contributed by atoms with Crippen molar-refractivity contribution in [2.24, 2.45) is 5.92 Å². The minimum absolute atomic E-state index is 0.102. The number of carboxylic acid groups (broad SMARTS) is 1. The Hall–Kier alpha value is -2.35. The van der Waals surface area contributed by atoms with Crippen LogP contribution < -0.4 is 5.32 Å². The fraction of sp³-hybridized carbons (Fsp3) is 0.250. The van der Waals surface area contributed by atoms with Crippen LogP contribution in [0.4, 0.5) is 0 Å². The first-order valence-electron chi connectivity index (χ1n) is 5.11. The second-order valence-electron chi connectivity index (χ2n) is 3.43. The number of aliphatic carboxylic acids is 1. The molecule has 0 aliphatic heterocycles. The lowest BCUT2D eigenvalue weighted by Crippen LogP contribution is -2.27. The Balaban J connectivity index is 2.40. The predicted molar refractivity (Wildman–Crippen MR) is 60.1 cm³/mol. The van der Waals surface area contributed by atoms with Gasteiger partial charge in [-0.3, -0.25) is 9.59 Å². The number of rotatable bonds is 5. The lowest BCUT2D eigenvalue weighted by molar-refractivity contribution is -0.139. The summed E-state index contributed by atoms with van der Waals surface area (Å²) >= 11 is 0. The van der Waals surface area contributed by atoms with Gasteiger partial charge in [-0.05, 0) is 18.6 Å². The van der Waals surface area contributed by atoms with Crippen LogP contribution in [0, 0.1) is 17.2 Å². The molecule has 0 saturated carbocycles. The standard InChI is InChI=1S/C12H12N2O3/c13-8-10(12(16)17)6-7-14-11(15)9-4-2-1-3-5-9/h1-5,10H,6-7H2,(H,14,15)(H,16,17). The van der Waals surface area contributed by atoms with Crippen molar-refractivity contribution >= 4 is 11.9 Å². The van der Waals surface area contributed by atoms with Crippen molar-refractivity contribution in [2.45, 2.75) is 6.42 Å². The molecule has 0 saturated heterocycles. The van der Waals surface area contributed by atoms with Crippen molar-refractivity contribution in [1.82, 2.24) is 5.32 Å². The molecular weight excluding hydrogens is 220 g/mol. The molecule has 0 aromatic heterocycles. The van der Waals surface area contributed by atoms with Crippen LogP contribution in [-0.2, 0) is 4.79 Å². The number of benzene rings is 1. The van der Waals surface area contributed by atoms with Crippen molar-refractivity contribution in [3.8, 4) is 6.07 Å². The third kappa shape index (κ3) is 3.95. The summed E-state index contributed by atoms with van der Waals surface area (Å²) < 4.78 is 0. The molecule has 1 atom stereocenters. The first kappa shape index (κ1) is 12.7. The normalized spacial score (nSPS) is 11.2. The van der Waals surface area contributed by atoms with Gasteiger partial charge in [-0.15, -0.1) is 0 Å². The van der Waals surface area contributed by atoms with Gasteiger partial charge in [-0.1, -0.05) is 18.2 Å². The predicted octanol–water partition coefficient (Wildman–Crippen LogP) is 1.03. The van der Waals surface area contributed by atoms with E-state index in [2.05, 4.69) is 5.32 Å². The van der Waals surface area contributed by atoms with Crippen LogP contribution >= 0.6 is 0 Å². The Bertz CT molecular complexity index is 437. The molecule has 1 rings (SSSR count). The van der Waals surface area contributed by atoms with Crippen LogP contribution in [0.15, 0.2) is 30.3 Å². The zero-order chi connectivity index (χ0) is 12.7. The van der Waals surface area contributed by atoms with E-state index in [1.807, 2.05) is 0 Å². The lowest BCUT2D eigenvalue weighted by atomic mass is 10.1. The van der Waals surface area contributed by atoms with E-state index in [1.165, 1.54) is 0 Å². The van der Waals surface area contributed by atoms with Gasteiger partial charge >= 0.3 is 5.97 Å². The number of hydrogen-bond acceptors (Lipinski definition) is 3. The Morgan fingerprint density at radius 2 is 2.00 bits per heavy atom. The molecule has 0 aliphatic carbocycles. The molecule has 0 aliphatic rings. The second-order valence-corrected chi connectivity index (χ2v) is 3.43. The summed E-state index contributed by atoms with van der Waals surface area (Å²) in [6.45, 7) is 0.165. The van der Waals surface area contributed by atoms with E-state index in [1.54, 1.807) is 36.4 Å². The number of carbonyl (C=O) groups excluding carboxylic acids is 1. The number of nitrogens with zero attached hydrogens (tertiary/aromatic N) is 1. The van der Waals surface area contributed by atoms with Crippen LogP contribution in [0.5, 0.6) is 0 Å². The molecular formula is C12H12N2O3. The van der Waals surface area contributed by atoms with Crippen molar-refractivity contribution in [3.05, 3.63) is 35.9 Å². The molecule has 88 valence electrons. The van der Waals surface area contributed by atoms with Gasteiger partial charge in [0.1, 0.15) is 5.92 Å². The highest BCUT2D eigenvalue weighted by Crippen LogP contribution is 2.01. The summed E-state index contributed by atoms with van der Waals surface area (Å²) in [7, 11) is 0. The van der Waals surface area contributed by atoms with Gasteiger partial charge in [0.15, 0.2) is 0 Å². The number of carboxylic acids is 1. The fourth-order valence-electron chi connectivity index (χ4n) is 1.26. The summed E-state index contributed by atoms with van der Waals surface area (Å²) in [4.78, 5) is 22.1. The number of amides is 1. The third-order valence-electron chi connectivity index (χ3n) is 2.21. The number of hydrogen-bond donors (Lipinski definition) is 2. The van der Waals surface area contributed by atoms with Crippen LogP contribution in [-0.4, -0.2) is 23.5 Å². The smallest absolute Gasteiger partial charge is 0.320 e. The average Bonchev–Trinajstić information content (AvgIpc) is 2.35. The minimum Gasteiger partial charge on any atom is -0.480 e. The Kier molecular flexibility index (Phi) is 4.70. The van der Waals surface area contributed by atoms with Gasteiger partial charge < -0.3 is 10.4 Å². The van der Waals surface area contributed by atoms with Crippen molar-refractivity contribution < 1.29 is 14.7 Å². The van der Waals surface area contributed by atoms with E-state index < -0.39 is 11.9 Å². The molecule has 1 unspecified atom stereocenters. The van der Waals surface area contributed by atoms with Crippen LogP contribution in [0.1, 0.15) is 16.8 Å². The maximum atomic E-state index is 11.5. The molecule has 1 aromatic rings. The Morgan fingerprint density at radius 3 is 2.53 bits per heavy atom. The van der Waals surface area contributed by atoms with E-state index in [0.717, 1.165) is 0 Å². The van der Waals surface area contributed by atoms with E-state index in [-0.39, 0.29) is 18.9 Å². The van der Waals surface area contributed by atoms with Gasteiger partial charge in [0.25, 0.3) is 5.91 Å². The van der Waals surface area contributed by atoms with E-state index in [4.69, 9.17) is 10.4 Å². The Morgan fingerprint density at radius 1 is 1.35 bits per heavy atom. The van der Waals surface area contributed by atoms with Crippen molar-refractivity contribution in [1.29, 1.82) is 5.26 Å². The first-order chi connectivity index (χ1) is 8.15. The fourth-order valence-corrected chi connectivity index (χ4v) is 1.26. The molecule has 0 bridgehead atoms. The maximum Gasteiger partial charge on any atom is 0.320 e. The highest BCUT2D eigenvalue weighted by molar-refractivity contribution is 5.94. The summed E-state index contributed by atoms with van der Waals surface area (Å²) in [6, 6.07) is 10.3. The minimum atomic E-state index is -1.17. The van der Waals surface area contributed by atoms with Crippen molar-refractivity contribution in [3.63, 3.8) is 0 Å². The molecule has 1 amide bonds. The van der Waals surface area contributed by atoms with E-state index in [9.17, 15) is 9.59 Å². The van der Waals surface area contributed by atoms with Crippen molar-refractivity contribution in [2.75, 3.05) is 6.54 Å². The molecule has 0 fully saturated rings. The highest BCUT2D eigenvalue weighted by atomic mass is 16.4. The van der Waals surface area contributed by atoms with Crippen LogP contribution in [0.25, 0.3) is 0 Å². The Labute approximate surface area is 98.7 Å². The lowest BCUT2D eigenvalue weighted by Gasteiger charge is -2.06. The SMILES string of the molecule is N#CC(CCNC(=O)c1ccccc1)C(=O)O. The zero-order valence-corrected chi connectivity index (χ0v) is 9.09.